The molecule has 2 aliphatic rings. The lowest BCUT2D eigenvalue weighted by atomic mass is 9.90. The summed E-state index contributed by atoms with van der Waals surface area (Å²) in [7, 11) is 1.56. The van der Waals surface area contributed by atoms with Crippen LogP contribution in [-0.2, 0) is 12.8 Å². The highest BCUT2D eigenvalue weighted by Crippen LogP contribution is 2.35. The molecule has 3 aromatic heterocycles. The molecule has 0 unspecified atom stereocenters. The number of anilines is 1. The second-order valence-corrected chi connectivity index (χ2v) is 10.1. The number of nitrogens with zero attached hydrogens (tertiary/aromatic N) is 3. The number of hydrogen-bond acceptors (Lipinski definition) is 7. The van der Waals surface area contributed by atoms with E-state index in [0.29, 0.717) is 44.8 Å². The first-order valence-corrected chi connectivity index (χ1v) is 12.4. The van der Waals surface area contributed by atoms with Gasteiger partial charge in [0.05, 0.1) is 24.6 Å². The number of amides is 1. The minimum absolute atomic E-state index is 0.261. The Morgan fingerprint density at radius 3 is 2.76 bits per heavy atom. The molecule has 3 heterocycles. The molecule has 2 N–H and O–H groups in total. The number of carbonyl (C=O) groups excluding carboxylic acids is 1. The van der Waals surface area contributed by atoms with Crippen molar-refractivity contribution in [2.45, 2.75) is 57.5 Å². The zero-order valence-corrected chi connectivity index (χ0v) is 20.2. The normalized spacial score (nSPS) is 17.8. The molecule has 1 saturated carbocycles. The molecule has 1 amide bonds. The predicted octanol–water partition coefficient (Wildman–Crippen LogP) is 4.82. The zero-order chi connectivity index (χ0) is 22.9. The van der Waals surface area contributed by atoms with Crippen LogP contribution in [0.2, 0.25) is 5.15 Å². The third-order valence-corrected chi connectivity index (χ3v) is 7.61. The van der Waals surface area contributed by atoms with Crippen LogP contribution in [-0.4, -0.2) is 40.1 Å². The fourth-order valence-electron chi connectivity index (χ4n) is 4.40. The van der Waals surface area contributed by atoms with Gasteiger partial charge in [-0.15, -0.1) is 11.3 Å². The Kier molecular flexibility index (Phi) is 6.32. The Balaban J connectivity index is 1.38. The number of methoxy groups -OCH3 is 1. The molecule has 3 aromatic rings. The van der Waals surface area contributed by atoms with Gasteiger partial charge in [-0.25, -0.2) is 9.97 Å². The number of rotatable bonds is 6. The summed E-state index contributed by atoms with van der Waals surface area (Å²) in [6, 6.07) is 4.73. The standard InChI is InChI=1S/C24H26ClN5O2S/c1-13-8-16(17-10-22(25)27-12-20(17)32-2)18(11-26-13)23(31)30-24-29-19-7-6-15(9-21(19)33-24)28-14-4-3-5-14/h8,10-12,14-15,28H,3-7,9H2,1-2H3,(H,29,30,31)/t15-/m1/s1. The fraction of sp³-hybridized carbons (Fsp3) is 0.417. The van der Waals surface area contributed by atoms with E-state index in [-0.39, 0.29) is 5.91 Å². The summed E-state index contributed by atoms with van der Waals surface area (Å²) in [4.78, 5) is 27.7. The Morgan fingerprint density at radius 1 is 1.15 bits per heavy atom. The van der Waals surface area contributed by atoms with E-state index in [1.165, 1.54) is 24.1 Å². The maximum absolute atomic E-state index is 13.3. The van der Waals surface area contributed by atoms with Gasteiger partial charge in [-0.1, -0.05) is 18.0 Å². The number of ether oxygens (including phenoxy) is 1. The van der Waals surface area contributed by atoms with Crippen molar-refractivity contribution in [1.82, 2.24) is 20.3 Å². The third kappa shape index (κ3) is 4.74. The third-order valence-electron chi connectivity index (χ3n) is 6.37. The van der Waals surface area contributed by atoms with Crippen LogP contribution >= 0.6 is 22.9 Å². The molecular formula is C24H26ClN5O2S. The summed E-state index contributed by atoms with van der Waals surface area (Å²) in [6.07, 6.45) is 10.0. The maximum atomic E-state index is 13.3. The number of aromatic nitrogens is 3. The maximum Gasteiger partial charge on any atom is 0.259 e. The number of nitrogens with one attached hydrogen (secondary N) is 2. The van der Waals surface area contributed by atoms with E-state index in [0.717, 1.165) is 30.7 Å². The first-order valence-electron chi connectivity index (χ1n) is 11.2. The highest BCUT2D eigenvalue weighted by molar-refractivity contribution is 7.15. The number of thiazole rings is 1. The largest absolute Gasteiger partial charge is 0.494 e. The number of pyridine rings is 2. The minimum atomic E-state index is -0.261. The van der Waals surface area contributed by atoms with E-state index in [1.54, 1.807) is 36.9 Å². The molecular weight excluding hydrogens is 458 g/mol. The SMILES string of the molecule is COc1cnc(Cl)cc1-c1cc(C)ncc1C(=O)Nc1nc2c(s1)C[C@H](NC1CCC1)CC2. The summed E-state index contributed by atoms with van der Waals surface area (Å²) in [5, 5.41) is 7.72. The number of halogens is 1. The van der Waals surface area contributed by atoms with E-state index < -0.39 is 0 Å². The van der Waals surface area contributed by atoms with Crippen molar-refractivity contribution in [1.29, 1.82) is 0 Å². The molecule has 33 heavy (non-hydrogen) atoms. The topological polar surface area (TPSA) is 89.0 Å². The molecule has 2 aliphatic carbocycles. The van der Waals surface area contributed by atoms with Gasteiger partial charge in [0, 0.05) is 40.0 Å². The van der Waals surface area contributed by atoms with Crippen molar-refractivity contribution in [3.05, 3.63) is 51.5 Å². The van der Waals surface area contributed by atoms with Crippen molar-refractivity contribution in [2.24, 2.45) is 0 Å². The number of hydrogen-bond donors (Lipinski definition) is 2. The van der Waals surface area contributed by atoms with Crippen LogP contribution in [0, 0.1) is 6.92 Å². The molecule has 7 nitrogen and oxygen atoms in total. The Morgan fingerprint density at radius 2 is 2.00 bits per heavy atom. The number of aryl methyl sites for hydroxylation is 2. The summed E-state index contributed by atoms with van der Waals surface area (Å²) < 4.78 is 5.46. The van der Waals surface area contributed by atoms with Crippen LogP contribution in [0.25, 0.3) is 11.1 Å². The van der Waals surface area contributed by atoms with Gasteiger partial charge in [0.15, 0.2) is 5.13 Å². The molecule has 0 aliphatic heterocycles. The molecule has 5 rings (SSSR count). The zero-order valence-electron chi connectivity index (χ0n) is 18.7. The number of fused-ring (bicyclic) bond motifs is 1. The Hall–Kier alpha value is -2.55. The molecule has 0 saturated heterocycles. The minimum Gasteiger partial charge on any atom is -0.494 e. The van der Waals surface area contributed by atoms with E-state index in [1.807, 2.05) is 13.0 Å². The average molecular weight is 484 g/mol. The smallest absolute Gasteiger partial charge is 0.259 e. The fourth-order valence-corrected chi connectivity index (χ4v) is 5.64. The molecule has 0 bridgehead atoms. The van der Waals surface area contributed by atoms with Crippen molar-refractivity contribution < 1.29 is 9.53 Å². The second-order valence-electron chi connectivity index (χ2n) is 8.66. The Labute approximate surface area is 202 Å². The highest BCUT2D eigenvalue weighted by atomic mass is 35.5. The quantitative estimate of drug-likeness (QED) is 0.488. The monoisotopic (exact) mass is 483 g/mol. The van der Waals surface area contributed by atoms with Crippen LogP contribution in [0.3, 0.4) is 0 Å². The van der Waals surface area contributed by atoms with Gasteiger partial charge in [-0.3, -0.25) is 15.1 Å². The number of carbonyl (C=O) groups is 1. The molecule has 0 aromatic carbocycles. The van der Waals surface area contributed by atoms with Gasteiger partial charge >= 0.3 is 0 Å². The first kappa shape index (κ1) is 22.3. The second kappa shape index (κ2) is 9.37. The highest BCUT2D eigenvalue weighted by Gasteiger charge is 2.27. The summed E-state index contributed by atoms with van der Waals surface area (Å²) in [5.41, 5.74) is 3.70. The summed E-state index contributed by atoms with van der Waals surface area (Å²) in [5.74, 6) is 0.275. The Bertz CT molecular complexity index is 1190. The molecule has 0 radical (unpaired) electrons. The van der Waals surface area contributed by atoms with E-state index >= 15 is 0 Å². The van der Waals surface area contributed by atoms with Crippen molar-refractivity contribution in [3.8, 4) is 16.9 Å². The molecule has 0 spiro atoms. The average Bonchev–Trinajstić information content (AvgIpc) is 3.17. The van der Waals surface area contributed by atoms with Gasteiger partial charge in [0.1, 0.15) is 10.9 Å². The van der Waals surface area contributed by atoms with Gasteiger partial charge < -0.3 is 10.1 Å². The summed E-state index contributed by atoms with van der Waals surface area (Å²) >= 11 is 7.71. The molecule has 172 valence electrons. The van der Waals surface area contributed by atoms with Gasteiger partial charge in [-0.05, 0) is 51.2 Å². The van der Waals surface area contributed by atoms with E-state index in [2.05, 4.69) is 20.6 Å². The lowest BCUT2D eigenvalue weighted by Crippen LogP contribution is -2.44. The first-order chi connectivity index (χ1) is 16.0. The van der Waals surface area contributed by atoms with Crippen molar-refractivity contribution >= 4 is 34.0 Å². The van der Waals surface area contributed by atoms with Crippen LogP contribution < -0.4 is 15.4 Å². The van der Waals surface area contributed by atoms with Crippen LogP contribution in [0.15, 0.2) is 24.5 Å². The van der Waals surface area contributed by atoms with E-state index in [9.17, 15) is 4.79 Å². The van der Waals surface area contributed by atoms with Crippen LogP contribution in [0.4, 0.5) is 5.13 Å². The molecule has 1 fully saturated rings. The van der Waals surface area contributed by atoms with Crippen LogP contribution in [0.5, 0.6) is 5.75 Å². The van der Waals surface area contributed by atoms with Crippen molar-refractivity contribution in [3.63, 3.8) is 0 Å². The lowest BCUT2D eigenvalue weighted by molar-refractivity contribution is 0.102. The van der Waals surface area contributed by atoms with Gasteiger partial charge in [0.2, 0.25) is 0 Å². The van der Waals surface area contributed by atoms with Gasteiger partial charge in [-0.2, -0.15) is 0 Å². The van der Waals surface area contributed by atoms with E-state index in [4.69, 9.17) is 21.3 Å². The van der Waals surface area contributed by atoms with Gasteiger partial charge in [0.25, 0.3) is 5.91 Å². The summed E-state index contributed by atoms with van der Waals surface area (Å²) in [6.45, 7) is 1.88. The van der Waals surface area contributed by atoms with Crippen LogP contribution in [0.1, 0.15) is 52.3 Å². The molecule has 1 atom stereocenters. The molecule has 9 heteroatoms. The van der Waals surface area contributed by atoms with Crippen molar-refractivity contribution in [2.75, 3.05) is 12.4 Å². The lowest BCUT2D eigenvalue weighted by Gasteiger charge is -2.33. The predicted molar refractivity (Wildman–Crippen MR) is 130 cm³/mol.